The van der Waals surface area contributed by atoms with Crippen LogP contribution in [0.3, 0.4) is 0 Å². The quantitative estimate of drug-likeness (QED) is 0.688. The van der Waals surface area contributed by atoms with Crippen molar-refractivity contribution in [3.05, 3.63) is 78.6 Å². The zero-order chi connectivity index (χ0) is 20.8. The Morgan fingerprint density at radius 3 is 2.20 bits per heavy atom. The number of rotatable bonds is 6. The minimum Gasteiger partial charge on any atom is -0.348 e. The van der Waals surface area contributed by atoms with Crippen molar-refractivity contribution in [3.8, 4) is 11.1 Å². The highest BCUT2D eigenvalue weighted by atomic mass is 16.2. The average Bonchev–Trinajstić information content (AvgIpc) is 2.81. The molecule has 1 aliphatic rings. The van der Waals surface area contributed by atoms with Gasteiger partial charge in [0.05, 0.1) is 12.6 Å². The van der Waals surface area contributed by atoms with Crippen LogP contribution in [0.2, 0.25) is 0 Å². The van der Waals surface area contributed by atoms with Gasteiger partial charge in [0.1, 0.15) is 0 Å². The largest absolute Gasteiger partial charge is 0.348 e. The number of nitrogens with zero attached hydrogens (tertiary/aromatic N) is 4. The Kier molecular flexibility index (Phi) is 6.35. The summed E-state index contributed by atoms with van der Waals surface area (Å²) in [6.07, 6.45) is 3.52. The summed E-state index contributed by atoms with van der Waals surface area (Å²) in [6, 6.07) is 20.5. The normalized spacial score (nSPS) is 15.6. The van der Waals surface area contributed by atoms with Crippen molar-refractivity contribution in [2.45, 2.75) is 13.0 Å². The van der Waals surface area contributed by atoms with Crippen LogP contribution in [0, 0.1) is 0 Å². The molecule has 0 unspecified atom stereocenters. The molecule has 1 saturated heterocycles. The second-order valence-corrected chi connectivity index (χ2v) is 7.59. The summed E-state index contributed by atoms with van der Waals surface area (Å²) in [5, 5.41) is 3.13. The molecule has 0 bridgehead atoms. The Labute approximate surface area is 177 Å². The molecule has 1 aliphatic heterocycles. The van der Waals surface area contributed by atoms with Crippen LogP contribution in [0.15, 0.2) is 73.1 Å². The lowest BCUT2D eigenvalue weighted by Crippen LogP contribution is -2.50. The molecule has 154 valence electrons. The lowest BCUT2D eigenvalue weighted by molar-refractivity contribution is -0.123. The van der Waals surface area contributed by atoms with Gasteiger partial charge in [-0.25, -0.2) is 9.97 Å². The molecule has 2 heterocycles. The van der Waals surface area contributed by atoms with Crippen molar-refractivity contribution in [3.63, 3.8) is 0 Å². The van der Waals surface area contributed by atoms with Gasteiger partial charge in [0.25, 0.3) is 0 Å². The third-order valence-corrected chi connectivity index (χ3v) is 5.47. The zero-order valence-electron chi connectivity index (χ0n) is 17.2. The molecule has 0 spiro atoms. The van der Waals surface area contributed by atoms with E-state index in [0.717, 1.165) is 37.7 Å². The number of hydrogen-bond acceptors (Lipinski definition) is 5. The van der Waals surface area contributed by atoms with E-state index in [2.05, 4.69) is 61.5 Å². The maximum absolute atomic E-state index is 12.5. The van der Waals surface area contributed by atoms with E-state index < -0.39 is 0 Å². The third kappa shape index (κ3) is 5.02. The van der Waals surface area contributed by atoms with Crippen LogP contribution < -0.4 is 10.2 Å². The molecular weight excluding hydrogens is 374 g/mol. The number of hydrogen-bond donors (Lipinski definition) is 1. The summed E-state index contributed by atoms with van der Waals surface area (Å²) in [7, 11) is 0. The summed E-state index contributed by atoms with van der Waals surface area (Å²) >= 11 is 0. The fourth-order valence-corrected chi connectivity index (χ4v) is 3.73. The highest BCUT2D eigenvalue weighted by Gasteiger charge is 2.21. The molecule has 1 fully saturated rings. The lowest BCUT2D eigenvalue weighted by atomic mass is 10.0. The zero-order valence-corrected chi connectivity index (χ0v) is 17.2. The van der Waals surface area contributed by atoms with Crippen LogP contribution >= 0.6 is 0 Å². The highest BCUT2D eigenvalue weighted by molar-refractivity contribution is 5.78. The fraction of sp³-hybridized carbons (Fsp3) is 0.292. The van der Waals surface area contributed by atoms with Gasteiger partial charge in [0.15, 0.2) is 0 Å². The Balaban J connectivity index is 1.26. The van der Waals surface area contributed by atoms with Crippen LogP contribution in [-0.2, 0) is 4.79 Å². The lowest BCUT2D eigenvalue weighted by Gasteiger charge is -2.34. The van der Waals surface area contributed by atoms with Gasteiger partial charge in [0.2, 0.25) is 11.9 Å². The molecule has 6 nitrogen and oxygen atoms in total. The third-order valence-electron chi connectivity index (χ3n) is 5.47. The van der Waals surface area contributed by atoms with Crippen LogP contribution in [0.1, 0.15) is 18.5 Å². The molecule has 1 aromatic heterocycles. The van der Waals surface area contributed by atoms with Crippen molar-refractivity contribution in [2.24, 2.45) is 0 Å². The predicted octanol–water partition coefficient (Wildman–Crippen LogP) is 3.14. The maximum Gasteiger partial charge on any atom is 0.234 e. The van der Waals surface area contributed by atoms with Crippen LogP contribution in [0.4, 0.5) is 5.95 Å². The van der Waals surface area contributed by atoms with Gasteiger partial charge in [-0.1, -0.05) is 54.6 Å². The number of carbonyl (C=O) groups is 1. The first kappa shape index (κ1) is 20.0. The van der Waals surface area contributed by atoms with Gasteiger partial charge in [0, 0.05) is 38.6 Å². The molecular formula is C24H27N5O. The van der Waals surface area contributed by atoms with Crippen molar-refractivity contribution in [2.75, 3.05) is 37.6 Å². The van der Waals surface area contributed by atoms with Gasteiger partial charge in [-0.2, -0.15) is 0 Å². The van der Waals surface area contributed by atoms with E-state index in [9.17, 15) is 4.79 Å². The summed E-state index contributed by atoms with van der Waals surface area (Å²) < 4.78 is 0. The monoisotopic (exact) mass is 401 g/mol. The molecule has 3 aromatic rings. The Hall–Kier alpha value is -3.25. The predicted molar refractivity (Wildman–Crippen MR) is 119 cm³/mol. The Bertz CT molecular complexity index is 938. The molecule has 2 aromatic carbocycles. The summed E-state index contributed by atoms with van der Waals surface area (Å²) in [6.45, 7) is 5.75. The van der Waals surface area contributed by atoms with Crippen molar-refractivity contribution >= 4 is 11.9 Å². The Morgan fingerprint density at radius 1 is 0.900 bits per heavy atom. The number of amides is 1. The number of anilines is 1. The summed E-state index contributed by atoms with van der Waals surface area (Å²) in [5.41, 5.74) is 3.48. The van der Waals surface area contributed by atoms with Crippen molar-refractivity contribution in [1.29, 1.82) is 0 Å². The van der Waals surface area contributed by atoms with Crippen LogP contribution in [0.25, 0.3) is 11.1 Å². The number of piperazine rings is 1. The molecule has 0 radical (unpaired) electrons. The van der Waals surface area contributed by atoms with E-state index in [1.165, 1.54) is 11.1 Å². The van der Waals surface area contributed by atoms with Gasteiger partial charge >= 0.3 is 0 Å². The Morgan fingerprint density at radius 2 is 1.53 bits per heavy atom. The number of benzene rings is 2. The minimum atomic E-state index is -0.0265. The van der Waals surface area contributed by atoms with E-state index in [1.54, 1.807) is 12.4 Å². The molecule has 30 heavy (non-hydrogen) atoms. The first-order valence-electron chi connectivity index (χ1n) is 10.4. The smallest absolute Gasteiger partial charge is 0.234 e. The van der Waals surface area contributed by atoms with E-state index in [1.807, 2.05) is 31.2 Å². The van der Waals surface area contributed by atoms with Gasteiger partial charge in [-0.05, 0) is 29.7 Å². The first-order chi connectivity index (χ1) is 14.7. The number of aromatic nitrogens is 2. The SMILES string of the molecule is C[C@@H](NC(=O)CN1CCN(c2ncccn2)CC1)c1ccc(-c2ccccc2)cc1. The molecule has 6 heteroatoms. The van der Waals surface area contributed by atoms with Crippen molar-refractivity contribution < 1.29 is 4.79 Å². The molecule has 4 rings (SSSR count). The van der Waals surface area contributed by atoms with E-state index >= 15 is 0 Å². The van der Waals surface area contributed by atoms with E-state index in [4.69, 9.17) is 0 Å². The molecule has 1 atom stereocenters. The maximum atomic E-state index is 12.5. The van der Waals surface area contributed by atoms with Crippen molar-refractivity contribution in [1.82, 2.24) is 20.2 Å². The average molecular weight is 402 g/mol. The molecule has 1 N–H and O–H groups in total. The summed E-state index contributed by atoms with van der Waals surface area (Å²) in [5.74, 6) is 0.813. The second kappa shape index (κ2) is 9.50. The van der Waals surface area contributed by atoms with Crippen LogP contribution in [0.5, 0.6) is 0 Å². The van der Waals surface area contributed by atoms with E-state index in [-0.39, 0.29) is 11.9 Å². The topological polar surface area (TPSA) is 61.4 Å². The fourth-order valence-electron chi connectivity index (χ4n) is 3.73. The van der Waals surface area contributed by atoms with Crippen LogP contribution in [-0.4, -0.2) is 53.5 Å². The molecule has 1 amide bonds. The molecule has 0 saturated carbocycles. The first-order valence-corrected chi connectivity index (χ1v) is 10.4. The van der Waals surface area contributed by atoms with Gasteiger partial charge in [-0.15, -0.1) is 0 Å². The van der Waals surface area contributed by atoms with E-state index in [0.29, 0.717) is 6.54 Å². The second-order valence-electron chi connectivity index (χ2n) is 7.59. The highest BCUT2D eigenvalue weighted by Crippen LogP contribution is 2.21. The number of carbonyl (C=O) groups excluding carboxylic acids is 1. The molecule has 0 aliphatic carbocycles. The van der Waals surface area contributed by atoms with Gasteiger partial charge < -0.3 is 10.2 Å². The number of nitrogens with one attached hydrogen (secondary N) is 1. The standard InChI is InChI=1S/C24H27N5O/c1-19(20-8-10-22(11-9-20)21-6-3-2-4-7-21)27-23(30)18-28-14-16-29(17-15-28)24-25-12-5-13-26-24/h2-13,19H,14-18H2,1H3,(H,27,30)/t19-/m1/s1. The van der Waals surface area contributed by atoms with Gasteiger partial charge in [-0.3, -0.25) is 9.69 Å². The minimum absolute atomic E-state index is 0.0265. The summed E-state index contributed by atoms with van der Waals surface area (Å²) in [4.78, 5) is 25.5.